The molecule has 1 atom stereocenters. The highest BCUT2D eigenvalue weighted by molar-refractivity contribution is 7.89. The predicted molar refractivity (Wildman–Crippen MR) is 76.6 cm³/mol. The molecule has 1 unspecified atom stereocenters. The van der Waals surface area contributed by atoms with E-state index in [0.29, 0.717) is 0 Å². The van der Waals surface area contributed by atoms with Gasteiger partial charge in [-0.3, -0.25) is 14.9 Å². The lowest BCUT2D eigenvalue weighted by atomic mass is 10.3. The zero-order valence-electron chi connectivity index (χ0n) is 11.5. The standard InChI is InChI=1S/C11H14ClN3O5S/c1-7(11(16)14(2)3)13-21(19,20)8-4-5-9(12)10(6-8)15(17)18/h4-7,13H,1-3H3. The van der Waals surface area contributed by atoms with Gasteiger partial charge >= 0.3 is 0 Å². The van der Waals surface area contributed by atoms with Crippen LogP contribution in [0.4, 0.5) is 5.69 Å². The molecule has 0 aromatic heterocycles. The Bertz CT molecular complexity index is 674. The van der Waals surface area contributed by atoms with Crippen LogP contribution < -0.4 is 4.72 Å². The first-order valence-electron chi connectivity index (χ1n) is 5.73. The number of carbonyl (C=O) groups excluding carboxylic acids is 1. The molecule has 116 valence electrons. The van der Waals surface area contributed by atoms with Gasteiger partial charge in [-0.2, -0.15) is 4.72 Å². The van der Waals surface area contributed by atoms with Gasteiger partial charge in [-0.05, 0) is 19.1 Å². The van der Waals surface area contributed by atoms with Crippen molar-refractivity contribution in [3.05, 3.63) is 33.3 Å². The Morgan fingerprint density at radius 3 is 2.48 bits per heavy atom. The SMILES string of the molecule is CC(NS(=O)(=O)c1ccc(Cl)c([N+](=O)[O-])c1)C(=O)N(C)C. The Morgan fingerprint density at radius 2 is 2.00 bits per heavy atom. The number of carbonyl (C=O) groups is 1. The number of nitro groups is 1. The van der Waals surface area contributed by atoms with Crippen molar-refractivity contribution in [1.29, 1.82) is 0 Å². The zero-order chi connectivity index (χ0) is 16.4. The summed E-state index contributed by atoms with van der Waals surface area (Å²) in [6.07, 6.45) is 0. The molecule has 0 saturated heterocycles. The Hall–Kier alpha value is -1.71. The molecule has 1 rings (SSSR count). The summed E-state index contributed by atoms with van der Waals surface area (Å²) in [5.74, 6) is -0.443. The number of hydrogen-bond acceptors (Lipinski definition) is 5. The zero-order valence-corrected chi connectivity index (χ0v) is 13.1. The molecule has 8 nitrogen and oxygen atoms in total. The number of sulfonamides is 1. The van der Waals surface area contributed by atoms with E-state index in [-0.39, 0.29) is 9.92 Å². The highest BCUT2D eigenvalue weighted by Gasteiger charge is 2.25. The van der Waals surface area contributed by atoms with E-state index in [4.69, 9.17) is 11.6 Å². The van der Waals surface area contributed by atoms with Crippen LogP contribution in [0.25, 0.3) is 0 Å². The first-order chi connectivity index (χ1) is 9.56. The Balaban J connectivity index is 3.12. The summed E-state index contributed by atoms with van der Waals surface area (Å²) >= 11 is 5.62. The van der Waals surface area contributed by atoms with Gasteiger partial charge in [-0.15, -0.1) is 0 Å². The average Bonchev–Trinajstić information content (AvgIpc) is 2.36. The number of halogens is 1. The van der Waals surface area contributed by atoms with Gasteiger partial charge in [0.05, 0.1) is 15.9 Å². The second kappa shape index (κ2) is 6.37. The van der Waals surface area contributed by atoms with Crippen LogP contribution in [-0.4, -0.2) is 44.3 Å². The number of rotatable bonds is 5. The second-order valence-corrected chi connectivity index (χ2v) is 6.57. The summed E-state index contributed by atoms with van der Waals surface area (Å²) in [5, 5.41) is 10.6. The van der Waals surface area contributed by atoms with Crippen molar-refractivity contribution in [3.63, 3.8) is 0 Å². The van der Waals surface area contributed by atoms with Crippen molar-refractivity contribution in [2.45, 2.75) is 17.9 Å². The number of amides is 1. The van der Waals surface area contributed by atoms with E-state index in [1.807, 2.05) is 0 Å². The molecule has 1 aromatic carbocycles. The number of nitrogens with one attached hydrogen (secondary N) is 1. The maximum Gasteiger partial charge on any atom is 0.289 e. The fourth-order valence-corrected chi connectivity index (χ4v) is 2.94. The molecular weight excluding hydrogens is 322 g/mol. The number of nitro benzene ring substituents is 1. The topological polar surface area (TPSA) is 110 Å². The fourth-order valence-electron chi connectivity index (χ4n) is 1.54. The number of hydrogen-bond donors (Lipinski definition) is 1. The maximum atomic E-state index is 12.1. The minimum Gasteiger partial charge on any atom is -0.347 e. The molecule has 0 radical (unpaired) electrons. The number of likely N-dealkylation sites (N-methyl/N-ethyl adjacent to an activating group) is 1. The van der Waals surface area contributed by atoms with Gasteiger partial charge in [0.25, 0.3) is 5.69 Å². The molecule has 0 aliphatic carbocycles. The summed E-state index contributed by atoms with van der Waals surface area (Å²) < 4.78 is 26.4. The van der Waals surface area contributed by atoms with Crippen LogP contribution in [-0.2, 0) is 14.8 Å². The van der Waals surface area contributed by atoms with Gasteiger partial charge < -0.3 is 4.90 Å². The van der Waals surface area contributed by atoms with Crippen LogP contribution in [0.1, 0.15) is 6.92 Å². The molecule has 0 aliphatic heterocycles. The summed E-state index contributed by atoms with van der Waals surface area (Å²) in [7, 11) is -1.10. The van der Waals surface area contributed by atoms with Crippen molar-refractivity contribution >= 4 is 33.2 Å². The van der Waals surface area contributed by atoms with Gasteiger partial charge in [-0.25, -0.2) is 8.42 Å². The van der Waals surface area contributed by atoms with Gasteiger partial charge in [0.1, 0.15) is 5.02 Å². The Labute approximate surface area is 126 Å². The predicted octanol–water partition coefficient (Wildman–Crippen LogP) is 1.00. The van der Waals surface area contributed by atoms with E-state index < -0.39 is 32.6 Å². The van der Waals surface area contributed by atoms with Gasteiger partial charge in [0.15, 0.2) is 0 Å². The van der Waals surface area contributed by atoms with Crippen molar-refractivity contribution in [2.24, 2.45) is 0 Å². The van der Waals surface area contributed by atoms with E-state index in [9.17, 15) is 23.3 Å². The molecule has 0 spiro atoms. The largest absolute Gasteiger partial charge is 0.347 e. The lowest BCUT2D eigenvalue weighted by Gasteiger charge is -2.18. The minimum atomic E-state index is -4.07. The van der Waals surface area contributed by atoms with E-state index in [1.54, 1.807) is 0 Å². The maximum absolute atomic E-state index is 12.1. The van der Waals surface area contributed by atoms with Gasteiger partial charge in [0.2, 0.25) is 15.9 Å². The highest BCUT2D eigenvalue weighted by atomic mass is 35.5. The summed E-state index contributed by atoms with van der Waals surface area (Å²) in [6.45, 7) is 1.38. The molecule has 0 heterocycles. The van der Waals surface area contributed by atoms with Crippen LogP contribution in [0.3, 0.4) is 0 Å². The lowest BCUT2D eigenvalue weighted by molar-refractivity contribution is -0.384. The van der Waals surface area contributed by atoms with E-state index in [2.05, 4.69) is 4.72 Å². The first-order valence-corrected chi connectivity index (χ1v) is 7.60. The van der Waals surface area contributed by atoms with Crippen LogP contribution in [0.2, 0.25) is 5.02 Å². The van der Waals surface area contributed by atoms with Crippen molar-refractivity contribution in [2.75, 3.05) is 14.1 Å². The van der Waals surface area contributed by atoms with Crippen molar-refractivity contribution in [3.8, 4) is 0 Å². The molecule has 0 saturated carbocycles. The first kappa shape index (κ1) is 17.3. The van der Waals surface area contributed by atoms with Gasteiger partial charge in [-0.1, -0.05) is 11.6 Å². The van der Waals surface area contributed by atoms with Gasteiger partial charge in [0, 0.05) is 20.2 Å². The highest BCUT2D eigenvalue weighted by Crippen LogP contribution is 2.27. The molecular formula is C11H14ClN3O5S. The van der Waals surface area contributed by atoms with Crippen molar-refractivity contribution < 1.29 is 18.1 Å². The summed E-state index contributed by atoms with van der Waals surface area (Å²) in [6, 6.07) is 2.09. The molecule has 0 aliphatic rings. The lowest BCUT2D eigenvalue weighted by Crippen LogP contribution is -2.44. The fraction of sp³-hybridized carbons (Fsp3) is 0.364. The van der Waals surface area contributed by atoms with E-state index in [0.717, 1.165) is 18.2 Å². The Kier molecular flexibility index (Phi) is 5.26. The normalized spacial score (nSPS) is 12.8. The van der Waals surface area contributed by atoms with Crippen LogP contribution in [0, 0.1) is 10.1 Å². The third kappa shape index (κ3) is 4.13. The molecule has 0 fully saturated rings. The third-order valence-corrected chi connectivity index (χ3v) is 4.43. The number of benzene rings is 1. The van der Waals surface area contributed by atoms with E-state index in [1.165, 1.54) is 25.9 Å². The molecule has 1 amide bonds. The molecule has 1 N–H and O–H groups in total. The van der Waals surface area contributed by atoms with Crippen LogP contribution in [0.15, 0.2) is 23.1 Å². The van der Waals surface area contributed by atoms with Crippen LogP contribution in [0.5, 0.6) is 0 Å². The molecule has 0 bridgehead atoms. The number of nitrogens with zero attached hydrogens (tertiary/aromatic N) is 2. The molecule has 1 aromatic rings. The smallest absolute Gasteiger partial charge is 0.289 e. The van der Waals surface area contributed by atoms with Crippen molar-refractivity contribution in [1.82, 2.24) is 9.62 Å². The summed E-state index contributed by atoms with van der Waals surface area (Å²) in [5.41, 5.74) is -0.522. The second-order valence-electron chi connectivity index (χ2n) is 4.45. The molecule has 10 heteroatoms. The quantitative estimate of drug-likeness (QED) is 0.637. The minimum absolute atomic E-state index is 0.170. The van der Waals surface area contributed by atoms with Crippen LogP contribution >= 0.6 is 11.6 Å². The monoisotopic (exact) mass is 335 g/mol. The third-order valence-electron chi connectivity index (χ3n) is 2.57. The average molecular weight is 336 g/mol. The molecule has 21 heavy (non-hydrogen) atoms. The summed E-state index contributed by atoms with van der Waals surface area (Å²) in [4.78, 5) is 22.5. The van der Waals surface area contributed by atoms with E-state index >= 15 is 0 Å². The Morgan fingerprint density at radius 1 is 1.43 bits per heavy atom.